The lowest BCUT2D eigenvalue weighted by atomic mass is 10.00. The number of hydrogen-bond acceptors (Lipinski definition) is 4. The van der Waals surface area contributed by atoms with Crippen molar-refractivity contribution < 1.29 is 0 Å². The molecule has 0 spiro atoms. The molecule has 2 aromatic rings. The zero-order valence-corrected chi connectivity index (χ0v) is 14.5. The van der Waals surface area contributed by atoms with Crippen molar-refractivity contribution >= 4 is 27.5 Å². The molecular weight excluding hydrogens is 334 g/mol. The predicted octanol–water partition coefficient (Wildman–Crippen LogP) is 4.32. The van der Waals surface area contributed by atoms with Crippen LogP contribution in [0.25, 0.3) is 0 Å². The first-order valence-corrected chi connectivity index (χ1v) is 8.49. The van der Waals surface area contributed by atoms with E-state index in [-0.39, 0.29) is 6.04 Å². The molecule has 0 fully saturated rings. The van der Waals surface area contributed by atoms with Gasteiger partial charge in [-0.2, -0.15) is 0 Å². The van der Waals surface area contributed by atoms with Gasteiger partial charge in [0.15, 0.2) is 0 Å². The lowest BCUT2D eigenvalue weighted by molar-refractivity contribution is 0.548. The van der Waals surface area contributed by atoms with E-state index in [1.54, 1.807) is 0 Å². The molecule has 20 heavy (non-hydrogen) atoms. The minimum Gasteiger partial charge on any atom is -0.309 e. The van der Waals surface area contributed by atoms with Crippen molar-refractivity contribution in [2.75, 3.05) is 6.54 Å². The van der Waals surface area contributed by atoms with Crippen LogP contribution in [0.5, 0.6) is 0 Å². The number of hydrogen-bond donors (Lipinski definition) is 1. The van der Waals surface area contributed by atoms with Gasteiger partial charge < -0.3 is 5.32 Å². The van der Waals surface area contributed by atoms with Crippen molar-refractivity contribution in [3.8, 4) is 0 Å². The van der Waals surface area contributed by atoms with Gasteiger partial charge in [0.1, 0.15) is 0 Å². The molecule has 3 nitrogen and oxygen atoms in total. The molecule has 0 saturated carbocycles. The van der Waals surface area contributed by atoms with E-state index >= 15 is 0 Å². The Labute approximate surface area is 133 Å². The highest BCUT2D eigenvalue weighted by Crippen LogP contribution is 2.30. The predicted molar refractivity (Wildman–Crippen MR) is 88.3 cm³/mol. The maximum absolute atomic E-state index is 4.30. The summed E-state index contributed by atoms with van der Waals surface area (Å²) in [4.78, 5) is 1.26. The van der Waals surface area contributed by atoms with Crippen LogP contribution >= 0.6 is 27.5 Å². The van der Waals surface area contributed by atoms with E-state index in [2.05, 4.69) is 69.8 Å². The Balaban J connectivity index is 2.27. The van der Waals surface area contributed by atoms with Gasteiger partial charge in [-0.3, -0.25) is 0 Å². The Bertz CT molecular complexity index is 554. The molecule has 0 saturated heterocycles. The average molecular weight is 354 g/mol. The van der Waals surface area contributed by atoms with E-state index < -0.39 is 0 Å². The molecule has 1 aromatic heterocycles. The normalized spacial score (nSPS) is 12.8. The highest BCUT2D eigenvalue weighted by molar-refractivity contribution is 9.10. The zero-order valence-electron chi connectivity index (χ0n) is 12.1. The molecule has 0 aliphatic heterocycles. The van der Waals surface area contributed by atoms with Gasteiger partial charge in [0, 0.05) is 10.5 Å². The van der Waals surface area contributed by atoms with E-state index in [4.69, 9.17) is 0 Å². The highest BCUT2D eigenvalue weighted by Gasteiger charge is 2.21. The Morgan fingerprint density at radius 3 is 2.70 bits per heavy atom. The van der Waals surface area contributed by atoms with E-state index in [9.17, 15) is 0 Å². The maximum atomic E-state index is 4.30. The molecule has 1 atom stereocenters. The third-order valence-electron chi connectivity index (χ3n) is 3.24. The molecule has 2 rings (SSSR count). The number of likely N-dealkylation sites (N-methyl/N-ethyl adjacent to an activating group) is 1. The van der Waals surface area contributed by atoms with Gasteiger partial charge in [-0.15, -0.1) is 5.10 Å². The van der Waals surface area contributed by atoms with E-state index in [1.807, 2.05) is 6.07 Å². The summed E-state index contributed by atoms with van der Waals surface area (Å²) in [7, 11) is 0. The van der Waals surface area contributed by atoms with Gasteiger partial charge in [0.2, 0.25) is 0 Å². The van der Waals surface area contributed by atoms with Crippen LogP contribution in [0, 0.1) is 0 Å². The fraction of sp³-hybridized carbons (Fsp3) is 0.467. The molecule has 5 heteroatoms. The summed E-state index contributed by atoms with van der Waals surface area (Å²) in [6.45, 7) is 7.41. The van der Waals surface area contributed by atoms with Gasteiger partial charge in [-0.25, -0.2) is 0 Å². The summed E-state index contributed by atoms with van der Waals surface area (Å²) in [5.74, 6) is 0.407. The quantitative estimate of drug-likeness (QED) is 0.840. The molecule has 0 amide bonds. The van der Waals surface area contributed by atoms with Crippen LogP contribution in [0.1, 0.15) is 48.9 Å². The fourth-order valence-corrected chi connectivity index (χ4v) is 3.56. The summed E-state index contributed by atoms with van der Waals surface area (Å²) < 4.78 is 5.31. The van der Waals surface area contributed by atoms with Gasteiger partial charge in [0.05, 0.1) is 10.6 Å². The molecule has 108 valence electrons. The number of aromatic nitrogens is 2. The van der Waals surface area contributed by atoms with Crippen molar-refractivity contribution in [2.24, 2.45) is 0 Å². The largest absolute Gasteiger partial charge is 0.309 e. The Morgan fingerprint density at radius 2 is 2.05 bits per heavy atom. The van der Waals surface area contributed by atoms with E-state index in [0.29, 0.717) is 5.92 Å². The topological polar surface area (TPSA) is 37.8 Å². The van der Waals surface area contributed by atoms with Crippen molar-refractivity contribution in [1.82, 2.24) is 14.9 Å². The number of halogens is 1. The lowest BCUT2D eigenvalue weighted by Crippen LogP contribution is -2.23. The fourth-order valence-electron chi connectivity index (χ4n) is 2.23. The van der Waals surface area contributed by atoms with Gasteiger partial charge in [0.25, 0.3) is 0 Å². The monoisotopic (exact) mass is 353 g/mol. The van der Waals surface area contributed by atoms with Crippen molar-refractivity contribution in [3.63, 3.8) is 0 Å². The second kappa shape index (κ2) is 7.29. The van der Waals surface area contributed by atoms with Crippen LogP contribution in [0.3, 0.4) is 0 Å². The molecule has 0 aliphatic rings. The number of rotatable bonds is 6. The summed E-state index contributed by atoms with van der Waals surface area (Å²) in [6, 6.07) is 8.65. The van der Waals surface area contributed by atoms with Crippen LogP contribution in [-0.4, -0.2) is 16.1 Å². The first-order chi connectivity index (χ1) is 9.63. The summed E-state index contributed by atoms with van der Waals surface area (Å²) in [6.07, 6.45) is 0.943. The molecule has 0 radical (unpaired) electrons. The zero-order chi connectivity index (χ0) is 14.5. The van der Waals surface area contributed by atoms with Crippen LogP contribution in [0.15, 0.2) is 28.7 Å². The number of benzene rings is 1. The van der Waals surface area contributed by atoms with Crippen LogP contribution in [-0.2, 0) is 6.42 Å². The minimum absolute atomic E-state index is 0.274. The van der Waals surface area contributed by atoms with Gasteiger partial charge in [-0.05, 0) is 42.0 Å². The number of nitrogens with zero attached hydrogens (tertiary/aromatic N) is 2. The van der Waals surface area contributed by atoms with Crippen molar-refractivity contribution in [2.45, 2.75) is 39.2 Å². The summed E-state index contributed by atoms with van der Waals surface area (Å²) in [5.41, 5.74) is 2.43. The smallest absolute Gasteiger partial charge is 0.0829 e. The van der Waals surface area contributed by atoms with Crippen LogP contribution in [0.4, 0.5) is 0 Å². The maximum Gasteiger partial charge on any atom is 0.0829 e. The van der Waals surface area contributed by atoms with Crippen LogP contribution in [0.2, 0.25) is 0 Å². The van der Waals surface area contributed by atoms with Crippen molar-refractivity contribution in [3.05, 3.63) is 44.9 Å². The van der Waals surface area contributed by atoms with Crippen molar-refractivity contribution in [1.29, 1.82) is 0 Å². The molecule has 1 N–H and O–H groups in total. The first-order valence-electron chi connectivity index (χ1n) is 6.92. The van der Waals surface area contributed by atoms with Crippen LogP contribution < -0.4 is 5.32 Å². The Kier molecular flexibility index (Phi) is 5.69. The molecule has 0 bridgehead atoms. The summed E-state index contributed by atoms with van der Waals surface area (Å²) in [5, 5.41) is 7.87. The third kappa shape index (κ3) is 3.65. The Hall–Kier alpha value is -0.780. The SMILES string of the molecule is CCNC(Cc1ccccc1Br)c1snnc1C(C)C. The second-order valence-electron chi connectivity index (χ2n) is 5.08. The lowest BCUT2D eigenvalue weighted by Gasteiger charge is -2.19. The van der Waals surface area contributed by atoms with Gasteiger partial charge in [-0.1, -0.05) is 59.4 Å². The number of nitrogens with one attached hydrogen (secondary N) is 1. The first kappa shape index (κ1) is 15.6. The van der Waals surface area contributed by atoms with E-state index in [1.165, 1.54) is 22.0 Å². The average Bonchev–Trinajstić information content (AvgIpc) is 2.90. The molecule has 0 aliphatic carbocycles. The highest BCUT2D eigenvalue weighted by atomic mass is 79.9. The summed E-state index contributed by atoms with van der Waals surface area (Å²) >= 11 is 5.14. The third-order valence-corrected chi connectivity index (χ3v) is 4.86. The second-order valence-corrected chi connectivity index (χ2v) is 6.72. The molecule has 1 unspecified atom stereocenters. The van der Waals surface area contributed by atoms with Gasteiger partial charge >= 0.3 is 0 Å². The Morgan fingerprint density at radius 1 is 1.30 bits per heavy atom. The molecular formula is C15H20BrN3S. The standard InChI is InChI=1S/C15H20BrN3S/c1-4-17-13(9-11-7-5-6-8-12(11)16)15-14(10(2)3)18-19-20-15/h5-8,10,13,17H,4,9H2,1-3H3. The van der Waals surface area contributed by atoms with E-state index in [0.717, 1.165) is 23.1 Å². The molecule has 1 heterocycles. The molecule has 1 aromatic carbocycles. The minimum atomic E-state index is 0.274.